The lowest BCUT2D eigenvalue weighted by molar-refractivity contribution is -0.137. The van der Waals surface area contributed by atoms with Crippen molar-refractivity contribution < 1.29 is 22.5 Å². The van der Waals surface area contributed by atoms with Gasteiger partial charge in [-0.15, -0.1) is 0 Å². The molecule has 32 heavy (non-hydrogen) atoms. The van der Waals surface area contributed by atoms with Crippen LogP contribution in [-0.2, 0) is 11.7 Å². The number of fused-ring (bicyclic) bond motifs is 2. The van der Waals surface area contributed by atoms with Gasteiger partial charge in [0.2, 0.25) is 0 Å². The first kappa shape index (κ1) is 20.5. The van der Waals surface area contributed by atoms with Crippen molar-refractivity contribution in [3.05, 3.63) is 47.9 Å². The average Bonchev–Trinajstić information content (AvgIpc) is 3.38. The van der Waals surface area contributed by atoms with Gasteiger partial charge in [0.05, 0.1) is 23.6 Å². The lowest BCUT2D eigenvalue weighted by atomic mass is 9.64. The van der Waals surface area contributed by atoms with Gasteiger partial charge in [0.1, 0.15) is 5.54 Å². The molecule has 168 valence electrons. The summed E-state index contributed by atoms with van der Waals surface area (Å²) in [4.78, 5) is 20.2. The van der Waals surface area contributed by atoms with Crippen molar-refractivity contribution in [3.63, 3.8) is 0 Å². The number of aromatic nitrogens is 5. The summed E-state index contributed by atoms with van der Waals surface area (Å²) in [6, 6.07) is 2.90. The fraction of sp³-hybridized carbons (Fsp3) is 0.450. The topological polar surface area (TPSA) is 102 Å². The van der Waals surface area contributed by atoms with Crippen LogP contribution >= 0.6 is 0 Å². The molecule has 12 heteroatoms. The Balaban J connectivity index is 1.46. The number of rotatable bonds is 3. The number of likely N-dealkylation sites (tertiary alicyclic amines) is 1. The van der Waals surface area contributed by atoms with E-state index in [2.05, 4.69) is 32.6 Å². The molecule has 9 nitrogen and oxygen atoms in total. The van der Waals surface area contributed by atoms with E-state index in [-0.39, 0.29) is 17.4 Å². The van der Waals surface area contributed by atoms with E-state index in [9.17, 15) is 18.0 Å². The number of hydrogen-bond donors (Lipinski definition) is 1. The van der Waals surface area contributed by atoms with E-state index < -0.39 is 23.3 Å². The summed E-state index contributed by atoms with van der Waals surface area (Å²) in [6.07, 6.45) is 0.178. The second-order valence-corrected chi connectivity index (χ2v) is 8.43. The maximum absolute atomic E-state index is 13.5. The third-order valence-corrected chi connectivity index (χ3v) is 6.09. The molecule has 2 fully saturated rings. The molecule has 1 saturated carbocycles. The molecule has 2 unspecified atom stereocenters. The number of anilines is 1. The number of nitrogens with one attached hydrogen (secondary N) is 1. The first-order chi connectivity index (χ1) is 15.2. The molecular formula is C20H20F3N7O2. The predicted molar refractivity (Wildman–Crippen MR) is 105 cm³/mol. The summed E-state index contributed by atoms with van der Waals surface area (Å²) in [7, 11) is 0. The molecule has 3 aromatic rings. The number of aryl methyl sites for hydroxylation is 1. The third kappa shape index (κ3) is 3.21. The maximum atomic E-state index is 13.5. The summed E-state index contributed by atoms with van der Waals surface area (Å²) in [5, 5.41) is 14.2. The van der Waals surface area contributed by atoms with Gasteiger partial charge in [-0.2, -0.15) is 33.1 Å². The minimum absolute atomic E-state index is 0.00680. The van der Waals surface area contributed by atoms with E-state index in [0.717, 1.165) is 17.3 Å². The van der Waals surface area contributed by atoms with Crippen LogP contribution in [0.15, 0.2) is 35.1 Å². The smallest absolute Gasteiger partial charge is 0.337 e. The van der Waals surface area contributed by atoms with Gasteiger partial charge in [-0.3, -0.25) is 0 Å². The zero-order valence-corrected chi connectivity index (χ0v) is 17.3. The Kier molecular flexibility index (Phi) is 4.50. The second-order valence-electron chi connectivity index (χ2n) is 8.43. The van der Waals surface area contributed by atoms with Crippen molar-refractivity contribution in [2.24, 2.45) is 5.92 Å². The quantitative estimate of drug-likeness (QED) is 0.653. The minimum Gasteiger partial charge on any atom is -0.337 e. The van der Waals surface area contributed by atoms with Gasteiger partial charge < -0.3 is 14.7 Å². The van der Waals surface area contributed by atoms with Crippen LogP contribution in [0.3, 0.4) is 0 Å². The zero-order chi connectivity index (χ0) is 22.7. The highest BCUT2D eigenvalue weighted by atomic mass is 19.4. The highest BCUT2D eigenvalue weighted by Crippen LogP contribution is 2.55. The molecule has 2 aromatic heterocycles. The molecule has 0 spiro atoms. The SMILES string of the molecule is Cc1noc(C23CC(C[C@H](C)C2)N3C(=O)Nc2ccc(C(F)(F)F)c(-n3nccn3)c2)n1. The predicted octanol–water partition coefficient (Wildman–Crippen LogP) is 3.91. The Morgan fingerprint density at radius 2 is 2.00 bits per heavy atom. The van der Waals surface area contributed by atoms with E-state index in [4.69, 9.17) is 4.52 Å². The van der Waals surface area contributed by atoms with Crippen molar-refractivity contribution in [2.75, 3.05) is 5.32 Å². The fourth-order valence-corrected chi connectivity index (χ4v) is 4.97. The van der Waals surface area contributed by atoms with Gasteiger partial charge in [-0.1, -0.05) is 12.1 Å². The summed E-state index contributed by atoms with van der Waals surface area (Å²) in [5.41, 5.74) is -1.68. The highest BCUT2D eigenvalue weighted by Gasteiger charge is 2.62. The van der Waals surface area contributed by atoms with Crippen LogP contribution in [-0.4, -0.2) is 42.1 Å². The van der Waals surface area contributed by atoms with Crippen LogP contribution < -0.4 is 5.32 Å². The number of alkyl halides is 3. The van der Waals surface area contributed by atoms with E-state index in [1.165, 1.54) is 24.5 Å². The molecule has 1 aromatic carbocycles. The molecule has 1 aliphatic carbocycles. The lowest BCUT2D eigenvalue weighted by Crippen LogP contribution is -2.70. The lowest BCUT2D eigenvalue weighted by Gasteiger charge is -2.61. The molecule has 1 N–H and O–H groups in total. The summed E-state index contributed by atoms with van der Waals surface area (Å²) < 4.78 is 45.8. The van der Waals surface area contributed by atoms with Crippen LogP contribution in [0.1, 0.15) is 43.5 Å². The molecule has 3 heterocycles. The fourth-order valence-electron chi connectivity index (χ4n) is 4.97. The average molecular weight is 447 g/mol. The number of piperidine rings is 1. The van der Waals surface area contributed by atoms with E-state index in [0.29, 0.717) is 30.5 Å². The van der Waals surface area contributed by atoms with Crippen molar-refractivity contribution in [1.29, 1.82) is 0 Å². The number of halogens is 3. The molecule has 2 amide bonds. The van der Waals surface area contributed by atoms with E-state index in [1.54, 1.807) is 11.8 Å². The molecule has 2 aliphatic rings. The number of carbonyl (C=O) groups excluding carboxylic acids is 1. The van der Waals surface area contributed by atoms with Gasteiger partial charge in [-0.25, -0.2) is 4.79 Å². The maximum Gasteiger partial charge on any atom is 0.418 e. The number of carbonyl (C=O) groups is 1. The highest BCUT2D eigenvalue weighted by molar-refractivity contribution is 5.91. The Labute approximate surface area is 180 Å². The normalized spacial score (nSPS) is 24.8. The van der Waals surface area contributed by atoms with Gasteiger partial charge in [0.15, 0.2) is 5.82 Å². The standard InChI is InChI=1S/C20H20F3N7O2/c1-11-7-14-10-19(9-11,17-26-12(2)28-32-17)29(14)18(31)27-13-3-4-15(20(21,22)23)16(8-13)30-24-5-6-25-30/h3-6,8,11,14H,7,9-10H2,1-2H3,(H,27,31)/t11-,14?,19?/m0/s1. The number of benzene rings is 1. The Morgan fingerprint density at radius 3 is 2.66 bits per heavy atom. The van der Waals surface area contributed by atoms with Crippen LogP contribution in [0.25, 0.3) is 5.69 Å². The number of urea groups is 1. The first-order valence-corrected chi connectivity index (χ1v) is 10.2. The zero-order valence-electron chi connectivity index (χ0n) is 17.3. The van der Waals surface area contributed by atoms with Crippen LogP contribution in [0.2, 0.25) is 0 Å². The van der Waals surface area contributed by atoms with Crippen molar-refractivity contribution in [3.8, 4) is 5.69 Å². The minimum atomic E-state index is -4.60. The summed E-state index contributed by atoms with van der Waals surface area (Å²) in [6.45, 7) is 3.82. The molecule has 0 radical (unpaired) electrons. The first-order valence-electron chi connectivity index (χ1n) is 10.2. The van der Waals surface area contributed by atoms with E-state index in [1.807, 2.05) is 0 Å². The monoisotopic (exact) mass is 447 g/mol. The summed E-state index contributed by atoms with van der Waals surface area (Å²) >= 11 is 0. The van der Waals surface area contributed by atoms with Gasteiger partial charge in [0, 0.05) is 18.2 Å². The number of hydrogen-bond acceptors (Lipinski definition) is 6. The van der Waals surface area contributed by atoms with Crippen LogP contribution in [0.5, 0.6) is 0 Å². The Morgan fingerprint density at radius 1 is 1.25 bits per heavy atom. The molecule has 1 saturated heterocycles. The van der Waals surface area contributed by atoms with E-state index >= 15 is 0 Å². The van der Waals surface area contributed by atoms with Gasteiger partial charge >= 0.3 is 12.2 Å². The molecule has 2 bridgehead atoms. The van der Waals surface area contributed by atoms with Gasteiger partial charge in [0.25, 0.3) is 5.89 Å². The second kappa shape index (κ2) is 7.04. The van der Waals surface area contributed by atoms with Crippen LogP contribution in [0, 0.1) is 12.8 Å². The molecule has 5 rings (SSSR count). The van der Waals surface area contributed by atoms with Crippen molar-refractivity contribution >= 4 is 11.7 Å². The number of nitrogens with zero attached hydrogens (tertiary/aromatic N) is 6. The molecular weight excluding hydrogens is 427 g/mol. The van der Waals surface area contributed by atoms with Crippen molar-refractivity contribution in [2.45, 2.75) is 50.9 Å². The molecule has 3 atom stereocenters. The van der Waals surface area contributed by atoms with Crippen LogP contribution in [0.4, 0.5) is 23.7 Å². The number of amides is 2. The molecule has 1 aliphatic heterocycles. The third-order valence-electron chi connectivity index (χ3n) is 6.09. The van der Waals surface area contributed by atoms with Crippen molar-refractivity contribution in [1.82, 2.24) is 30.0 Å². The van der Waals surface area contributed by atoms with Gasteiger partial charge in [-0.05, 0) is 43.9 Å². The Bertz CT molecular complexity index is 1160. The summed E-state index contributed by atoms with van der Waals surface area (Å²) in [5.74, 6) is 1.24. The Hall–Kier alpha value is -3.44. The largest absolute Gasteiger partial charge is 0.418 e.